The lowest BCUT2D eigenvalue weighted by Gasteiger charge is -2.29. The Hall–Kier alpha value is -2.09. The van der Waals surface area contributed by atoms with Crippen LogP contribution in [0.25, 0.3) is 0 Å². The van der Waals surface area contributed by atoms with Gasteiger partial charge >= 0.3 is 11.9 Å². The predicted molar refractivity (Wildman–Crippen MR) is 86.2 cm³/mol. The molecule has 0 spiro atoms. The molecule has 2 rings (SSSR count). The van der Waals surface area contributed by atoms with E-state index in [0.717, 1.165) is 0 Å². The highest BCUT2D eigenvalue weighted by Gasteiger charge is 2.38. The van der Waals surface area contributed by atoms with Gasteiger partial charge in [0.2, 0.25) is 0 Å². The highest BCUT2D eigenvalue weighted by Crippen LogP contribution is 2.29. The van der Waals surface area contributed by atoms with Crippen molar-refractivity contribution in [1.29, 1.82) is 0 Å². The van der Waals surface area contributed by atoms with Crippen molar-refractivity contribution < 1.29 is 28.5 Å². The molecule has 0 atom stereocenters. The first-order valence-electron chi connectivity index (χ1n) is 7.06. The highest BCUT2D eigenvalue weighted by molar-refractivity contribution is 6.31. The smallest absolute Gasteiger partial charge is 0.350 e. The van der Waals surface area contributed by atoms with Crippen LogP contribution >= 0.6 is 11.6 Å². The molecular weight excluding hydrogens is 338 g/mol. The summed E-state index contributed by atoms with van der Waals surface area (Å²) < 4.78 is 20.4. The monoisotopic (exact) mass is 355 g/mol. The summed E-state index contributed by atoms with van der Waals surface area (Å²) >= 11 is 6.12. The predicted octanol–water partition coefficient (Wildman–Crippen LogP) is 2.76. The number of carbonyl (C=O) groups excluding carboxylic acids is 2. The lowest BCUT2D eigenvalue weighted by Crippen LogP contribution is -2.42. The second-order valence-corrected chi connectivity index (χ2v) is 5.83. The molecule has 0 saturated carbocycles. The Morgan fingerprint density at radius 2 is 1.75 bits per heavy atom. The zero-order chi connectivity index (χ0) is 17.9. The third kappa shape index (κ3) is 4.05. The third-order valence-corrected chi connectivity index (χ3v) is 3.52. The lowest BCUT2D eigenvalue weighted by atomic mass is 10.2. The topological polar surface area (TPSA) is 83.1 Å². The lowest BCUT2D eigenvalue weighted by molar-refractivity contribution is -0.222. The Labute approximate surface area is 144 Å². The fourth-order valence-corrected chi connectivity index (χ4v) is 2.30. The van der Waals surface area contributed by atoms with Crippen molar-refractivity contribution in [3.05, 3.63) is 40.6 Å². The first-order chi connectivity index (χ1) is 11.3. The van der Waals surface area contributed by atoms with Gasteiger partial charge in [-0.1, -0.05) is 11.6 Å². The number of ether oxygens (including phenoxy) is 4. The molecule has 7 nitrogen and oxygen atoms in total. The Bertz CT molecular complexity index is 659. The molecule has 0 unspecified atom stereocenters. The van der Waals surface area contributed by atoms with Crippen LogP contribution in [0.1, 0.15) is 25.7 Å². The minimum Gasteiger partial charge on any atom is -0.419 e. The number of benzene rings is 1. The molecule has 0 bridgehead atoms. The van der Waals surface area contributed by atoms with Crippen LogP contribution < -0.4 is 5.32 Å². The molecule has 1 aliphatic rings. The number of hydrogen-bond donors (Lipinski definition) is 1. The summed E-state index contributed by atoms with van der Waals surface area (Å²) in [4.78, 5) is 23.7. The number of carbonyl (C=O) groups is 2. The highest BCUT2D eigenvalue weighted by atomic mass is 35.5. The van der Waals surface area contributed by atoms with Crippen LogP contribution in [-0.4, -0.2) is 31.9 Å². The van der Waals surface area contributed by atoms with Gasteiger partial charge in [0.05, 0.1) is 0 Å². The van der Waals surface area contributed by atoms with Crippen molar-refractivity contribution in [2.24, 2.45) is 0 Å². The largest absolute Gasteiger partial charge is 0.419 e. The van der Waals surface area contributed by atoms with Crippen LogP contribution in [0.5, 0.6) is 0 Å². The van der Waals surface area contributed by atoms with E-state index in [1.807, 2.05) is 0 Å². The SMILES string of the molecule is COC(OC)c1cc(NC=C2C(=O)OC(C)(C)OC2=O)ccc1Cl. The summed E-state index contributed by atoms with van der Waals surface area (Å²) in [6.45, 7) is 2.96. The second-order valence-electron chi connectivity index (χ2n) is 5.42. The Morgan fingerprint density at radius 3 is 2.29 bits per heavy atom. The Morgan fingerprint density at radius 1 is 1.17 bits per heavy atom. The van der Waals surface area contributed by atoms with Crippen molar-refractivity contribution >= 4 is 29.2 Å². The number of rotatable bonds is 5. The van der Waals surface area contributed by atoms with Gasteiger partial charge in [-0.2, -0.15) is 0 Å². The van der Waals surface area contributed by atoms with Gasteiger partial charge < -0.3 is 24.3 Å². The van der Waals surface area contributed by atoms with Crippen molar-refractivity contribution in [2.75, 3.05) is 19.5 Å². The minimum atomic E-state index is -1.27. The van der Waals surface area contributed by atoms with E-state index in [1.54, 1.807) is 18.2 Å². The molecular formula is C16H18ClNO6. The molecule has 24 heavy (non-hydrogen) atoms. The Balaban J connectivity index is 2.21. The van der Waals surface area contributed by atoms with Gasteiger partial charge in [-0.3, -0.25) is 0 Å². The third-order valence-electron chi connectivity index (χ3n) is 3.18. The van der Waals surface area contributed by atoms with Crippen molar-refractivity contribution in [1.82, 2.24) is 0 Å². The van der Waals surface area contributed by atoms with E-state index in [1.165, 1.54) is 34.3 Å². The van der Waals surface area contributed by atoms with Gasteiger partial charge in [-0.15, -0.1) is 0 Å². The number of nitrogens with one attached hydrogen (secondary N) is 1. The molecule has 1 aromatic carbocycles. The van der Waals surface area contributed by atoms with Gasteiger partial charge in [-0.25, -0.2) is 9.59 Å². The quantitative estimate of drug-likeness (QED) is 0.376. The van der Waals surface area contributed by atoms with Crippen LogP contribution in [0.15, 0.2) is 30.0 Å². The van der Waals surface area contributed by atoms with Crippen molar-refractivity contribution in [3.8, 4) is 0 Å². The van der Waals surface area contributed by atoms with E-state index in [9.17, 15) is 9.59 Å². The molecule has 130 valence electrons. The maximum Gasteiger partial charge on any atom is 0.350 e. The number of esters is 2. The van der Waals surface area contributed by atoms with E-state index in [0.29, 0.717) is 16.3 Å². The van der Waals surface area contributed by atoms with Crippen LogP contribution in [0.3, 0.4) is 0 Å². The summed E-state index contributed by atoms with van der Waals surface area (Å²) in [6.07, 6.45) is 0.582. The molecule has 0 aromatic heterocycles. The van der Waals surface area contributed by atoms with Gasteiger partial charge in [0.25, 0.3) is 5.79 Å². The van der Waals surface area contributed by atoms with E-state index < -0.39 is 24.0 Å². The van der Waals surface area contributed by atoms with E-state index in [2.05, 4.69) is 5.32 Å². The molecule has 1 aromatic rings. The van der Waals surface area contributed by atoms with Gasteiger partial charge in [-0.05, 0) is 18.2 Å². The van der Waals surface area contributed by atoms with Gasteiger partial charge in [0, 0.05) is 50.5 Å². The second kappa shape index (κ2) is 7.21. The summed E-state index contributed by atoms with van der Waals surface area (Å²) in [7, 11) is 2.98. The molecule has 1 N–H and O–H groups in total. The molecule has 0 amide bonds. The average Bonchev–Trinajstić information content (AvgIpc) is 2.49. The molecule has 0 aliphatic carbocycles. The first-order valence-corrected chi connectivity index (χ1v) is 7.43. The van der Waals surface area contributed by atoms with Crippen molar-refractivity contribution in [2.45, 2.75) is 25.9 Å². The molecule has 1 heterocycles. The van der Waals surface area contributed by atoms with Crippen molar-refractivity contribution in [3.63, 3.8) is 0 Å². The zero-order valence-corrected chi connectivity index (χ0v) is 14.5. The summed E-state index contributed by atoms with van der Waals surface area (Å²) in [5.74, 6) is -2.79. The van der Waals surface area contributed by atoms with Crippen LogP contribution in [0.2, 0.25) is 5.02 Å². The number of hydrogen-bond acceptors (Lipinski definition) is 7. The molecule has 1 aliphatic heterocycles. The Kier molecular flexibility index (Phi) is 5.48. The van der Waals surface area contributed by atoms with E-state index in [-0.39, 0.29) is 5.57 Å². The average molecular weight is 356 g/mol. The zero-order valence-electron chi connectivity index (χ0n) is 13.7. The maximum absolute atomic E-state index is 11.9. The van der Waals surface area contributed by atoms with Crippen LogP contribution in [-0.2, 0) is 28.5 Å². The number of cyclic esters (lactones) is 2. The van der Waals surface area contributed by atoms with E-state index in [4.69, 9.17) is 30.5 Å². The molecule has 1 fully saturated rings. The summed E-state index contributed by atoms with van der Waals surface area (Å²) in [6, 6.07) is 5.00. The molecule has 8 heteroatoms. The minimum absolute atomic E-state index is 0.235. The summed E-state index contributed by atoms with van der Waals surface area (Å²) in [5.41, 5.74) is 0.937. The van der Waals surface area contributed by atoms with Gasteiger partial charge in [0.1, 0.15) is 0 Å². The standard InChI is InChI=1S/C16H18ClNO6/c1-16(2)23-13(19)11(14(20)24-16)8-18-9-5-6-12(17)10(7-9)15(21-3)22-4/h5-8,15,18H,1-4H3. The van der Waals surface area contributed by atoms with Crippen LogP contribution in [0.4, 0.5) is 5.69 Å². The van der Waals surface area contributed by atoms with Crippen LogP contribution in [0, 0.1) is 0 Å². The molecule has 0 radical (unpaired) electrons. The maximum atomic E-state index is 11.9. The van der Waals surface area contributed by atoms with Gasteiger partial charge in [0.15, 0.2) is 11.9 Å². The summed E-state index contributed by atoms with van der Waals surface area (Å²) in [5, 5.41) is 3.30. The van der Waals surface area contributed by atoms with E-state index >= 15 is 0 Å². The number of halogens is 1. The normalized spacial score (nSPS) is 16.7. The number of anilines is 1. The molecule has 1 saturated heterocycles. The fraction of sp³-hybridized carbons (Fsp3) is 0.375. The fourth-order valence-electron chi connectivity index (χ4n) is 2.10. The number of methoxy groups -OCH3 is 2. The first kappa shape index (κ1) is 18.3.